The lowest BCUT2D eigenvalue weighted by molar-refractivity contribution is 0.0752. The molecule has 0 saturated heterocycles. The van der Waals surface area contributed by atoms with Crippen molar-refractivity contribution in [2.24, 2.45) is 0 Å². The molecule has 0 fully saturated rings. The van der Waals surface area contributed by atoms with E-state index in [9.17, 15) is 13.2 Å². The highest BCUT2D eigenvalue weighted by atomic mass is 32.2. The number of sulfonamides is 1. The Balaban J connectivity index is 1.61. The molecule has 0 unspecified atom stereocenters. The Hall–Kier alpha value is -3.12. The molecular formula is C24H24N2O3S. The smallest absolute Gasteiger partial charge is 0.264 e. The van der Waals surface area contributed by atoms with Crippen LogP contribution in [0.1, 0.15) is 28.4 Å². The summed E-state index contributed by atoms with van der Waals surface area (Å²) >= 11 is 0. The summed E-state index contributed by atoms with van der Waals surface area (Å²) in [5.74, 6) is -0.180. The highest BCUT2D eigenvalue weighted by molar-refractivity contribution is 7.92. The van der Waals surface area contributed by atoms with Crippen LogP contribution in [0, 0.1) is 0 Å². The average molecular weight is 421 g/mol. The van der Waals surface area contributed by atoms with Crippen LogP contribution >= 0.6 is 0 Å². The van der Waals surface area contributed by atoms with Crippen LogP contribution in [-0.4, -0.2) is 32.3 Å². The van der Waals surface area contributed by atoms with Crippen LogP contribution in [0.3, 0.4) is 0 Å². The minimum atomic E-state index is -3.74. The van der Waals surface area contributed by atoms with E-state index in [0.717, 1.165) is 11.1 Å². The summed E-state index contributed by atoms with van der Waals surface area (Å²) in [5, 5.41) is 0. The zero-order valence-corrected chi connectivity index (χ0v) is 17.7. The molecule has 30 heavy (non-hydrogen) atoms. The van der Waals surface area contributed by atoms with Gasteiger partial charge in [-0.15, -0.1) is 0 Å². The van der Waals surface area contributed by atoms with Gasteiger partial charge in [0.1, 0.15) is 0 Å². The van der Waals surface area contributed by atoms with E-state index in [1.165, 1.54) is 10.4 Å². The number of benzene rings is 3. The maximum absolute atomic E-state index is 13.3. The van der Waals surface area contributed by atoms with Gasteiger partial charge in [-0.3, -0.25) is 9.10 Å². The van der Waals surface area contributed by atoms with Gasteiger partial charge in [0.05, 0.1) is 10.6 Å². The van der Waals surface area contributed by atoms with E-state index >= 15 is 0 Å². The maximum Gasteiger partial charge on any atom is 0.264 e. The van der Waals surface area contributed by atoms with Crippen molar-refractivity contribution in [3.8, 4) is 0 Å². The molecule has 0 aromatic heterocycles. The van der Waals surface area contributed by atoms with Crippen molar-refractivity contribution in [1.82, 2.24) is 4.90 Å². The van der Waals surface area contributed by atoms with Gasteiger partial charge in [0.25, 0.3) is 15.9 Å². The number of hydrogen-bond acceptors (Lipinski definition) is 3. The highest BCUT2D eigenvalue weighted by Crippen LogP contribution is 2.32. The summed E-state index contributed by atoms with van der Waals surface area (Å²) in [7, 11) is -3.74. The topological polar surface area (TPSA) is 57.7 Å². The molecule has 0 saturated carbocycles. The quantitative estimate of drug-likeness (QED) is 0.603. The standard InChI is InChI=1S/C24H24N2O3S/c1-2-25(18-19-9-4-3-5-10-19)24(27)21-12-8-13-22(17-21)30(28,29)26-16-15-20-11-6-7-14-23(20)26/h3-14,17H,2,15-16,18H2,1H3. The fourth-order valence-electron chi connectivity index (χ4n) is 3.79. The van der Waals surface area contributed by atoms with E-state index in [0.29, 0.717) is 37.3 Å². The summed E-state index contributed by atoms with van der Waals surface area (Å²) < 4.78 is 28.0. The molecule has 1 heterocycles. The summed E-state index contributed by atoms with van der Waals surface area (Å²) in [4.78, 5) is 15.0. The second-order valence-corrected chi connectivity index (χ2v) is 9.15. The lowest BCUT2D eigenvalue weighted by Gasteiger charge is -2.22. The molecule has 154 valence electrons. The van der Waals surface area contributed by atoms with Gasteiger partial charge in [0.2, 0.25) is 0 Å². The first-order chi connectivity index (χ1) is 14.5. The monoisotopic (exact) mass is 420 g/mol. The predicted octanol–water partition coefficient (Wildman–Crippen LogP) is 4.10. The summed E-state index contributed by atoms with van der Waals surface area (Å²) in [6, 6.07) is 23.7. The van der Waals surface area contributed by atoms with E-state index in [-0.39, 0.29) is 10.8 Å². The Morgan fingerprint density at radius 1 is 0.967 bits per heavy atom. The molecule has 0 radical (unpaired) electrons. The number of amides is 1. The number of carbonyl (C=O) groups excluding carboxylic acids is 1. The number of hydrogen-bond donors (Lipinski definition) is 0. The molecule has 1 amide bonds. The van der Waals surface area contributed by atoms with Crippen molar-refractivity contribution in [3.63, 3.8) is 0 Å². The summed E-state index contributed by atoms with van der Waals surface area (Å²) in [6.45, 7) is 3.34. The molecule has 4 rings (SSSR count). The molecular weight excluding hydrogens is 396 g/mol. The number of para-hydroxylation sites is 1. The molecule has 0 aliphatic carbocycles. The van der Waals surface area contributed by atoms with Gasteiger partial charge < -0.3 is 4.90 Å². The minimum Gasteiger partial charge on any atom is -0.335 e. The molecule has 6 heteroatoms. The van der Waals surface area contributed by atoms with Crippen LogP contribution < -0.4 is 4.31 Å². The Kier molecular flexibility index (Phi) is 5.59. The fraction of sp³-hybridized carbons (Fsp3) is 0.208. The Morgan fingerprint density at radius 3 is 2.47 bits per heavy atom. The van der Waals surface area contributed by atoms with Gasteiger partial charge in [-0.1, -0.05) is 54.6 Å². The van der Waals surface area contributed by atoms with Gasteiger partial charge >= 0.3 is 0 Å². The largest absolute Gasteiger partial charge is 0.335 e. The Labute approximate surface area is 177 Å². The molecule has 0 atom stereocenters. The van der Waals surface area contributed by atoms with Crippen molar-refractivity contribution in [1.29, 1.82) is 0 Å². The average Bonchev–Trinajstić information content (AvgIpc) is 3.23. The van der Waals surface area contributed by atoms with Crippen LogP contribution in [0.25, 0.3) is 0 Å². The first kappa shape index (κ1) is 20.2. The number of nitrogens with zero attached hydrogens (tertiary/aromatic N) is 2. The highest BCUT2D eigenvalue weighted by Gasteiger charge is 2.31. The van der Waals surface area contributed by atoms with E-state index in [4.69, 9.17) is 0 Å². The van der Waals surface area contributed by atoms with E-state index in [2.05, 4.69) is 0 Å². The predicted molar refractivity (Wildman–Crippen MR) is 118 cm³/mol. The molecule has 1 aliphatic heterocycles. The third-order valence-electron chi connectivity index (χ3n) is 5.40. The molecule has 5 nitrogen and oxygen atoms in total. The second kappa shape index (κ2) is 8.32. The van der Waals surface area contributed by atoms with Crippen LogP contribution in [0.5, 0.6) is 0 Å². The molecule has 3 aromatic carbocycles. The van der Waals surface area contributed by atoms with E-state index in [1.54, 1.807) is 23.1 Å². The molecule has 1 aliphatic rings. The first-order valence-electron chi connectivity index (χ1n) is 10.0. The zero-order valence-electron chi connectivity index (χ0n) is 16.9. The normalized spacial score (nSPS) is 13.2. The minimum absolute atomic E-state index is 0.140. The molecule has 0 N–H and O–H groups in total. The third kappa shape index (κ3) is 3.83. The van der Waals surface area contributed by atoms with Crippen molar-refractivity contribution in [3.05, 3.63) is 95.6 Å². The first-order valence-corrected chi connectivity index (χ1v) is 11.5. The molecule has 0 spiro atoms. The number of carbonyl (C=O) groups is 1. The summed E-state index contributed by atoms with van der Waals surface area (Å²) in [6.07, 6.45) is 0.689. The van der Waals surface area contributed by atoms with E-state index in [1.807, 2.05) is 61.5 Å². The van der Waals surface area contributed by atoms with Gasteiger partial charge in [0, 0.05) is 25.2 Å². The Bertz CT molecular complexity index is 1160. The number of fused-ring (bicyclic) bond motifs is 1. The zero-order chi connectivity index (χ0) is 21.1. The van der Waals surface area contributed by atoms with Crippen LogP contribution in [-0.2, 0) is 23.0 Å². The number of rotatable bonds is 6. The van der Waals surface area contributed by atoms with Crippen molar-refractivity contribution < 1.29 is 13.2 Å². The van der Waals surface area contributed by atoms with Crippen molar-refractivity contribution in [2.75, 3.05) is 17.4 Å². The fourth-order valence-corrected chi connectivity index (χ4v) is 5.34. The van der Waals surface area contributed by atoms with Crippen molar-refractivity contribution >= 4 is 21.6 Å². The van der Waals surface area contributed by atoms with Crippen LogP contribution in [0.2, 0.25) is 0 Å². The van der Waals surface area contributed by atoms with E-state index < -0.39 is 10.0 Å². The van der Waals surface area contributed by atoms with Crippen LogP contribution in [0.4, 0.5) is 5.69 Å². The third-order valence-corrected chi connectivity index (χ3v) is 7.21. The second-order valence-electron chi connectivity index (χ2n) is 7.29. The summed E-state index contributed by atoms with van der Waals surface area (Å²) in [5.41, 5.74) is 3.15. The lowest BCUT2D eigenvalue weighted by Crippen LogP contribution is -2.31. The van der Waals surface area contributed by atoms with Crippen LogP contribution in [0.15, 0.2) is 83.8 Å². The van der Waals surface area contributed by atoms with Crippen molar-refractivity contribution in [2.45, 2.75) is 24.8 Å². The number of anilines is 1. The van der Waals surface area contributed by atoms with Gasteiger partial charge in [-0.25, -0.2) is 8.42 Å². The SMILES string of the molecule is CCN(Cc1ccccc1)C(=O)c1cccc(S(=O)(=O)N2CCc3ccccc32)c1. The van der Waals surface area contributed by atoms with Gasteiger partial charge in [-0.2, -0.15) is 0 Å². The maximum atomic E-state index is 13.3. The van der Waals surface area contributed by atoms with Gasteiger partial charge in [-0.05, 0) is 48.7 Å². The Morgan fingerprint density at radius 2 is 1.70 bits per heavy atom. The lowest BCUT2D eigenvalue weighted by atomic mass is 10.1. The molecule has 0 bridgehead atoms. The van der Waals surface area contributed by atoms with Gasteiger partial charge in [0.15, 0.2) is 0 Å². The molecule has 3 aromatic rings.